The van der Waals surface area contributed by atoms with Crippen molar-refractivity contribution in [1.29, 1.82) is 0 Å². The first-order valence-corrected chi connectivity index (χ1v) is 7.40. The summed E-state index contributed by atoms with van der Waals surface area (Å²) in [5.41, 5.74) is 2.52. The highest BCUT2D eigenvalue weighted by Crippen LogP contribution is 2.27. The number of halogens is 1. The topological polar surface area (TPSA) is 33.1 Å². The largest absolute Gasteiger partial charge is 0.316 e. The van der Waals surface area contributed by atoms with Crippen LogP contribution in [0.1, 0.15) is 5.56 Å². The van der Waals surface area contributed by atoms with Gasteiger partial charge in [0, 0.05) is 32.0 Å². The molecule has 2 saturated heterocycles. The zero-order chi connectivity index (χ0) is 13.4. The molecule has 1 aromatic carbocycles. The van der Waals surface area contributed by atoms with Gasteiger partial charge in [0.15, 0.2) is 0 Å². The van der Waals surface area contributed by atoms with Gasteiger partial charge in [0.25, 0.3) is 0 Å². The Kier molecular flexibility index (Phi) is 4.29. The molecule has 1 N–H and O–H groups in total. The Bertz CT molecular complexity index is 554. The van der Waals surface area contributed by atoms with E-state index in [0.717, 1.165) is 24.1 Å². The highest BCUT2D eigenvalue weighted by molar-refractivity contribution is 5.85. The molecule has 0 amide bonds. The molecule has 0 spiro atoms. The number of benzene rings is 1. The third-order valence-electron chi connectivity index (χ3n) is 4.58. The third-order valence-corrected chi connectivity index (χ3v) is 4.58. The molecule has 0 aliphatic carbocycles. The number of fused-ring (bicyclic) bond motifs is 1. The second-order valence-electron chi connectivity index (χ2n) is 5.99. The van der Waals surface area contributed by atoms with Gasteiger partial charge in [0.1, 0.15) is 0 Å². The molecule has 1 aromatic heterocycles. The van der Waals surface area contributed by atoms with Crippen LogP contribution >= 0.6 is 12.4 Å². The van der Waals surface area contributed by atoms with Crippen LogP contribution in [-0.2, 0) is 6.54 Å². The van der Waals surface area contributed by atoms with Crippen LogP contribution in [0.2, 0.25) is 0 Å². The number of rotatable bonds is 3. The Hall–Kier alpha value is -1.36. The van der Waals surface area contributed by atoms with E-state index in [9.17, 15) is 0 Å². The van der Waals surface area contributed by atoms with E-state index in [1.54, 1.807) is 0 Å². The van der Waals surface area contributed by atoms with E-state index in [-0.39, 0.29) is 12.4 Å². The van der Waals surface area contributed by atoms with Crippen molar-refractivity contribution in [2.45, 2.75) is 6.54 Å². The lowest BCUT2D eigenvalue weighted by atomic mass is 10.0. The Morgan fingerprint density at radius 3 is 2.43 bits per heavy atom. The number of nitrogens with one attached hydrogen (secondary N) is 1. The zero-order valence-electron chi connectivity index (χ0n) is 12.0. The van der Waals surface area contributed by atoms with Crippen LogP contribution in [0.4, 0.5) is 0 Å². The predicted octanol–water partition coefficient (Wildman–Crippen LogP) is 1.95. The summed E-state index contributed by atoms with van der Waals surface area (Å²) in [6.07, 6.45) is 3.79. The van der Waals surface area contributed by atoms with Crippen molar-refractivity contribution in [2.75, 3.05) is 26.2 Å². The fraction of sp³-hybridized carbons (Fsp3) is 0.438. The summed E-state index contributed by atoms with van der Waals surface area (Å²) in [5.74, 6) is 1.75. The molecule has 2 fully saturated rings. The average Bonchev–Trinajstić information content (AvgIpc) is 3.15. The summed E-state index contributed by atoms with van der Waals surface area (Å²) >= 11 is 0. The Balaban J connectivity index is 0.00000132. The van der Waals surface area contributed by atoms with E-state index < -0.39 is 0 Å². The summed E-state index contributed by atoms with van der Waals surface area (Å²) < 4.78 is 1.90. The molecule has 5 heteroatoms. The van der Waals surface area contributed by atoms with Gasteiger partial charge in [-0.1, -0.05) is 12.1 Å². The lowest BCUT2D eigenvalue weighted by Gasteiger charge is -2.17. The minimum absolute atomic E-state index is 0. The van der Waals surface area contributed by atoms with Crippen molar-refractivity contribution in [3.63, 3.8) is 0 Å². The molecule has 2 aromatic rings. The normalized spacial score (nSPS) is 24.8. The maximum atomic E-state index is 4.26. The lowest BCUT2D eigenvalue weighted by molar-refractivity contribution is 0.305. The second-order valence-corrected chi connectivity index (χ2v) is 5.99. The van der Waals surface area contributed by atoms with Crippen molar-refractivity contribution in [3.8, 4) is 5.69 Å². The average molecular weight is 305 g/mol. The molecule has 2 aliphatic heterocycles. The molecule has 2 atom stereocenters. The van der Waals surface area contributed by atoms with E-state index in [2.05, 4.69) is 39.6 Å². The smallest absolute Gasteiger partial charge is 0.0645 e. The summed E-state index contributed by atoms with van der Waals surface area (Å²) in [6.45, 7) is 5.99. The van der Waals surface area contributed by atoms with Gasteiger partial charge in [-0.2, -0.15) is 5.10 Å². The van der Waals surface area contributed by atoms with Crippen molar-refractivity contribution in [3.05, 3.63) is 48.3 Å². The van der Waals surface area contributed by atoms with E-state index in [1.165, 1.54) is 31.7 Å². The highest BCUT2D eigenvalue weighted by Gasteiger charge is 2.35. The Morgan fingerprint density at radius 2 is 1.81 bits per heavy atom. The van der Waals surface area contributed by atoms with Gasteiger partial charge in [-0.3, -0.25) is 4.90 Å². The monoisotopic (exact) mass is 304 g/mol. The lowest BCUT2D eigenvalue weighted by Crippen LogP contribution is -2.25. The molecule has 4 nitrogen and oxygen atoms in total. The fourth-order valence-electron chi connectivity index (χ4n) is 3.52. The molecule has 0 unspecified atom stereocenters. The predicted molar refractivity (Wildman–Crippen MR) is 85.9 cm³/mol. The highest BCUT2D eigenvalue weighted by atomic mass is 35.5. The van der Waals surface area contributed by atoms with Gasteiger partial charge in [0.05, 0.1) is 5.69 Å². The van der Waals surface area contributed by atoms with Crippen LogP contribution in [0.15, 0.2) is 42.7 Å². The first-order valence-electron chi connectivity index (χ1n) is 7.40. The van der Waals surface area contributed by atoms with E-state index in [0.29, 0.717) is 0 Å². The maximum Gasteiger partial charge on any atom is 0.0645 e. The Labute approximate surface area is 131 Å². The van der Waals surface area contributed by atoms with Crippen LogP contribution in [0.25, 0.3) is 5.69 Å². The Morgan fingerprint density at radius 1 is 1.10 bits per heavy atom. The van der Waals surface area contributed by atoms with Crippen LogP contribution in [0.3, 0.4) is 0 Å². The third kappa shape index (κ3) is 2.98. The van der Waals surface area contributed by atoms with Crippen LogP contribution in [-0.4, -0.2) is 40.9 Å². The van der Waals surface area contributed by atoms with E-state index >= 15 is 0 Å². The summed E-state index contributed by atoms with van der Waals surface area (Å²) in [5, 5.41) is 7.75. The summed E-state index contributed by atoms with van der Waals surface area (Å²) in [6, 6.07) is 10.7. The zero-order valence-corrected chi connectivity index (χ0v) is 12.8. The van der Waals surface area contributed by atoms with Crippen LogP contribution in [0.5, 0.6) is 0 Å². The molecule has 112 valence electrons. The number of aromatic nitrogens is 2. The van der Waals surface area contributed by atoms with Crippen molar-refractivity contribution in [2.24, 2.45) is 11.8 Å². The van der Waals surface area contributed by atoms with Gasteiger partial charge in [-0.05, 0) is 48.7 Å². The molecule has 2 aliphatic rings. The van der Waals surface area contributed by atoms with Crippen molar-refractivity contribution >= 4 is 12.4 Å². The molecular weight excluding hydrogens is 284 g/mol. The quantitative estimate of drug-likeness (QED) is 0.941. The van der Waals surface area contributed by atoms with E-state index in [1.807, 2.05) is 23.1 Å². The molecule has 0 saturated carbocycles. The minimum atomic E-state index is 0. The van der Waals surface area contributed by atoms with Gasteiger partial charge >= 0.3 is 0 Å². The number of likely N-dealkylation sites (tertiary alicyclic amines) is 1. The molecule has 0 radical (unpaired) electrons. The summed E-state index contributed by atoms with van der Waals surface area (Å²) in [7, 11) is 0. The SMILES string of the molecule is Cl.c1cnn(-c2ccc(CN3C[C@H]4CNC[C@H]4C3)cc2)c1. The summed E-state index contributed by atoms with van der Waals surface area (Å²) in [4.78, 5) is 2.60. The van der Waals surface area contributed by atoms with Crippen LogP contribution in [0, 0.1) is 11.8 Å². The van der Waals surface area contributed by atoms with E-state index in [4.69, 9.17) is 0 Å². The number of hydrogen-bond donors (Lipinski definition) is 1. The van der Waals surface area contributed by atoms with Crippen molar-refractivity contribution in [1.82, 2.24) is 20.0 Å². The number of nitrogens with zero attached hydrogens (tertiary/aromatic N) is 3. The fourth-order valence-corrected chi connectivity index (χ4v) is 3.52. The second kappa shape index (κ2) is 6.18. The maximum absolute atomic E-state index is 4.26. The van der Waals surface area contributed by atoms with Crippen molar-refractivity contribution < 1.29 is 0 Å². The molecule has 4 rings (SSSR count). The van der Waals surface area contributed by atoms with Gasteiger partial charge in [-0.25, -0.2) is 4.68 Å². The standard InChI is InChI=1S/C16H20N4.ClH/c1-6-18-20(7-1)16-4-2-13(3-5-16)10-19-11-14-8-17-9-15(14)12-19;/h1-7,14-15,17H,8-12H2;1H/t14-,15+;. The van der Waals surface area contributed by atoms with Crippen LogP contribution < -0.4 is 5.32 Å². The molecule has 21 heavy (non-hydrogen) atoms. The van der Waals surface area contributed by atoms with Gasteiger partial charge < -0.3 is 5.32 Å². The number of hydrogen-bond acceptors (Lipinski definition) is 3. The minimum Gasteiger partial charge on any atom is -0.316 e. The van der Waals surface area contributed by atoms with Gasteiger partial charge in [0.2, 0.25) is 0 Å². The first kappa shape index (κ1) is 14.6. The molecular formula is C16H21ClN4. The molecule has 3 heterocycles. The van der Waals surface area contributed by atoms with Gasteiger partial charge in [-0.15, -0.1) is 12.4 Å². The first-order chi connectivity index (χ1) is 9.88. The molecule has 0 bridgehead atoms.